The number of methoxy groups -OCH3 is 1. The van der Waals surface area contributed by atoms with E-state index in [4.69, 9.17) is 14.2 Å². The third-order valence-electron chi connectivity index (χ3n) is 6.37. The van der Waals surface area contributed by atoms with Gasteiger partial charge in [0.15, 0.2) is 6.29 Å². The van der Waals surface area contributed by atoms with Crippen molar-refractivity contribution in [3.8, 4) is 0 Å². The van der Waals surface area contributed by atoms with Crippen molar-refractivity contribution < 1.29 is 19.0 Å². The van der Waals surface area contributed by atoms with Crippen molar-refractivity contribution in [3.63, 3.8) is 0 Å². The molecule has 0 saturated carbocycles. The molecule has 1 aliphatic heterocycles. The molecule has 3 atom stereocenters. The molecule has 0 N–H and O–H groups in total. The summed E-state index contributed by atoms with van der Waals surface area (Å²) >= 11 is 0. The molecule has 4 heteroatoms. The van der Waals surface area contributed by atoms with Crippen molar-refractivity contribution >= 4 is 5.97 Å². The fourth-order valence-electron chi connectivity index (χ4n) is 4.86. The second kappa shape index (κ2) is 8.71. The Labute approximate surface area is 158 Å². The smallest absolute Gasteiger partial charge is 0.334 e. The van der Waals surface area contributed by atoms with Gasteiger partial charge in [-0.15, -0.1) is 0 Å². The molecule has 0 amide bonds. The van der Waals surface area contributed by atoms with Gasteiger partial charge in [-0.3, -0.25) is 0 Å². The topological polar surface area (TPSA) is 44.8 Å². The fourth-order valence-corrected chi connectivity index (χ4v) is 4.86. The molecule has 0 aromatic rings. The maximum atomic E-state index is 12.4. The summed E-state index contributed by atoms with van der Waals surface area (Å²) < 4.78 is 17.1. The van der Waals surface area contributed by atoms with Crippen LogP contribution >= 0.6 is 0 Å². The minimum Gasteiger partial charge on any atom is -0.466 e. The summed E-state index contributed by atoms with van der Waals surface area (Å²) in [6.45, 7) is 5.14. The number of carbonyl (C=O) groups is 1. The monoisotopic (exact) mass is 362 g/mol. The van der Waals surface area contributed by atoms with Crippen molar-refractivity contribution in [2.24, 2.45) is 5.41 Å². The van der Waals surface area contributed by atoms with Gasteiger partial charge < -0.3 is 14.2 Å². The number of allylic oxidation sites excluding steroid dienone is 2. The fraction of sp³-hybridized carbons (Fsp3) is 0.773. The van der Waals surface area contributed by atoms with E-state index in [1.807, 2.05) is 0 Å². The number of rotatable bonds is 6. The highest BCUT2D eigenvalue weighted by Gasteiger charge is 2.38. The van der Waals surface area contributed by atoms with E-state index in [2.05, 4.69) is 19.9 Å². The van der Waals surface area contributed by atoms with Crippen LogP contribution in [-0.2, 0) is 19.0 Å². The second-order valence-electron chi connectivity index (χ2n) is 8.34. The molecule has 3 rings (SSSR count). The van der Waals surface area contributed by atoms with Crippen molar-refractivity contribution in [2.75, 3.05) is 13.7 Å². The summed E-state index contributed by atoms with van der Waals surface area (Å²) in [6, 6.07) is 0. The Hall–Kier alpha value is -1.13. The van der Waals surface area contributed by atoms with E-state index in [9.17, 15) is 4.79 Å². The molecule has 0 radical (unpaired) electrons. The summed E-state index contributed by atoms with van der Waals surface area (Å²) in [7, 11) is 1.49. The van der Waals surface area contributed by atoms with Gasteiger partial charge in [0, 0.05) is 12.2 Å². The van der Waals surface area contributed by atoms with Gasteiger partial charge in [-0.1, -0.05) is 18.6 Å². The molecule has 0 aromatic carbocycles. The van der Waals surface area contributed by atoms with E-state index in [0.717, 1.165) is 70.0 Å². The van der Waals surface area contributed by atoms with Crippen LogP contribution in [-0.4, -0.2) is 32.1 Å². The SMILES string of the molecule is COC(=O)C1=C(C)CCC[C@@]1(C)CCC1=CCCC1OC1CCCCO1. The quantitative estimate of drug-likeness (QED) is 0.488. The Balaban J connectivity index is 1.62. The lowest BCUT2D eigenvalue weighted by atomic mass is 9.68. The average molecular weight is 363 g/mol. The first kappa shape index (κ1) is 19.6. The molecule has 0 spiro atoms. The molecular formula is C22H34O4. The van der Waals surface area contributed by atoms with E-state index in [-0.39, 0.29) is 23.8 Å². The molecular weight excluding hydrogens is 328 g/mol. The van der Waals surface area contributed by atoms with Crippen LogP contribution in [0.4, 0.5) is 0 Å². The highest BCUT2D eigenvalue weighted by molar-refractivity contribution is 5.91. The number of ether oxygens (including phenoxy) is 3. The number of esters is 1. The molecule has 26 heavy (non-hydrogen) atoms. The molecule has 0 aromatic heterocycles. The van der Waals surface area contributed by atoms with Gasteiger partial charge in [-0.2, -0.15) is 0 Å². The zero-order chi connectivity index (χ0) is 18.6. The van der Waals surface area contributed by atoms with Crippen LogP contribution in [0, 0.1) is 5.41 Å². The van der Waals surface area contributed by atoms with Crippen LogP contribution in [0.1, 0.15) is 78.1 Å². The normalized spacial score (nSPS) is 32.5. The number of hydrogen-bond donors (Lipinski definition) is 0. The molecule has 3 aliphatic rings. The van der Waals surface area contributed by atoms with Gasteiger partial charge in [0.2, 0.25) is 0 Å². The van der Waals surface area contributed by atoms with Gasteiger partial charge in [0.05, 0.1) is 13.2 Å². The summed E-state index contributed by atoms with van der Waals surface area (Å²) in [6.07, 6.45) is 13.2. The van der Waals surface area contributed by atoms with Crippen molar-refractivity contribution in [3.05, 3.63) is 22.8 Å². The summed E-state index contributed by atoms with van der Waals surface area (Å²) in [5.41, 5.74) is 3.42. The highest BCUT2D eigenvalue weighted by Crippen LogP contribution is 2.46. The van der Waals surface area contributed by atoms with Crippen molar-refractivity contribution in [1.29, 1.82) is 0 Å². The first-order valence-corrected chi connectivity index (χ1v) is 10.3. The Morgan fingerprint density at radius 3 is 2.88 bits per heavy atom. The maximum absolute atomic E-state index is 12.4. The Morgan fingerprint density at radius 1 is 1.31 bits per heavy atom. The van der Waals surface area contributed by atoms with E-state index in [1.165, 1.54) is 24.7 Å². The molecule has 1 fully saturated rings. The highest BCUT2D eigenvalue weighted by atomic mass is 16.7. The minimum absolute atomic E-state index is 0.0340. The third kappa shape index (κ3) is 4.40. The largest absolute Gasteiger partial charge is 0.466 e. The van der Waals surface area contributed by atoms with Crippen LogP contribution in [0.3, 0.4) is 0 Å². The Kier molecular flexibility index (Phi) is 6.57. The van der Waals surface area contributed by atoms with Crippen molar-refractivity contribution in [2.45, 2.75) is 90.4 Å². The van der Waals surface area contributed by atoms with Crippen LogP contribution in [0.25, 0.3) is 0 Å². The van der Waals surface area contributed by atoms with E-state index in [0.29, 0.717) is 0 Å². The molecule has 0 bridgehead atoms. The summed E-state index contributed by atoms with van der Waals surface area (Å²) in [4.78, 5) is 12.4. The van der Waals surface area contributed by atoms with E-state index < -0.39 is 0 Å². The first-order chi connectivity index (χ1) is 12.5. The first-order valence-electron chi connectivity index (χ1n) is 10.3. The number of hydrogen-bond acceptors (Lipinski definition) is 4. The van der Waals surface area contributed by atoms with Crippen LogP contribution in [0.2, 0.25) is 0 Å². The van der Waals surface area contributed by atoms with Gasteiger partial charge in [-0.25, -0.2) is 4.79 Å². The molecule has 2 unspecified atom stereocenters. The lowest BCUT2D eigenvalue weighted by Crippen LogP contribution is -2.31. The molecule has 1 saturated heterocycles. The minimum atomic E-state index is -0.145. The summed E-state index contributed by atoms with van der Waals surface area (Å²) in [5, 5.41) is 0. The molecule has 2 aliphatic carbocycles. The Morgan fingerprint density at radius 2 is 2.15 bits per heavy atom. The molecule has 4 nitrogen and oxygen atoms in total. The average Bonchev–Trinajstić information content (AvgIpc) is 3.07. The second-order valence-corrected chi connectivity index (χ2v) is 8.34. The predicted molar refractivity (Wildman–Crippen MR) is 102 cm³/mol. The molecule has 1 heterocycles. The Bertz CT molecular complexity index is 571. The lowest BCUT2D eigenvalue weighted by Gasteiger charge is -2.37. The van der Waals surface area contributed by atoms with Gasteiger partial charge in [-0.05, 0) is 82.1 Å². The standard InChI is InChI=1S/C22H34O4/c1-16-8-7-13-22(2,20(16)21(23)24-3)14-12-17-9-6-10-18(17)26-19-11-4-5-15-25-19/h9,18-19H,4-8,10-15H2,1-3H3/t18?,19?,22-/m0/s1. The van der Waals surface area contributed by atoms with Crippen LogP contribution < -0.4 is 0 Å². The van der Waals surface area contributed by atoms with Crippen LogP contribution in [0.5, 0.6) is 0 Å². The number of carbonyl (C=O) groups excluding carboxylic acids is 1. The van der Waals surface area contributed by atoms with Gasteiger partial charge in [0.25, 0.3) is 0 Å². The third-order valence-corrected chi connectivity index (χ3v) is 6.37. The van der Waals surface area contributed by atoms with Gasteiger partial charge in [0.1, 0.15) is 0 Å². The van der Waals surface area contributed by atoms with Crippen LogP contribution in [0.15, 0.2) is 22.8 Å². The maximum Gasteiger partial charge on any atom is 0.334 e. The predicted octanol–water partition coefficient (Wildman–Crippen LogP) is 5.08. The van der Waals surface area contributed by atoms with Crippen molar-refractivity contribution in [1.82, 2.24) is 0 Å². The molecule has 146 valence electrons. The summed E-state index contributed by atoms with van der Waals surface area (Å²) in [5.74, 6) is -0.145. The zero-order valence-electron chi connectivity index (χ0n) is 16.6. The zero-order valence-corrected chi connectivity index (χ0v) is 16.6. The van der Waals surface area contributed by atoms with Gasteiger partial charge >= 0.3 is 5.97 Å². The lowest BCUT2D eigenvalue weighted by molar-refractivity contribution is -0.180. The van der Waals surface area contributed by atoms with E-state index >= 15 is 0 Å². The van der Waals surface area contributed by atoms with E-state index in [1.54, 1.807) is 0 Å².